The minimum absolute atomic E-state index is 0.323. The molecule has 0 spiro atoms. The minimum Gasteiger partial charge on any atom is -0.454 e. The fourth-order valence-electron chi connectivity index (χ4n) is 2.12. The van der Waals surface area contributed by atoms with Crippen molar-refractivity contribution in [3.8, 4) is 5.69 Å². The van der Waals surface area contributed by atoms with Crippen LogP contribution in [0.4, 0.5) is 4.39 Å². The van der Waals surface area contributed by atoms with Crippen molar-refractivity contribution in [3.63, 3.8) is 0 Å². The smallest absolute Gasteiger partial charge is 0.338 e. The predicted molar refractivity (Wildman–Crippen MR) is 81.6 cm³/mol. The Labute approximate surface area is 132 Å². The van der Waals surface area contributed by atoms with Gasteiger partial charge in [0.25, 0.3) is 0 Å². The van der Waals surface area contributed by atoms with Crippen molar-refractivity contribution in [1.82, 2.24) is 14.8 Å². The molecule has 0 aliphatic rings. The summed E-state index contributed by atoms with van der Waals surface area (Å²) in [4.78, 5) is 16.0. The zero-order valence-corrected chi connectivity index (χ0v) is 12.4. The highest BCUT2D eigenvalue weighted by molar-refractivity contribution is 5.89. The Hall–Kier alpha value is -3.02. The minimum atomic E-state index is -0.460. The first kappa shape index (κ1) is 14.9. The Kier molecular flexibility index (Phi) is 4.14. The van der Waals surface area contributed by atoms with Crippen molar-refractivity contribution in [2.45, 2.75) is 13.0 Å². The van der Waals surface area contributed by atoms with Gasteiger partial charge in [-0.25, -0.2) is 18.9 Å². The van der Waals surface area contributed by atoms with E-state index >= 15 is 0 Å². The second-order valence-electron chi connectivity index (χ2n) is 4.99. The first-order valence-corrected chi connectivity index (χ1v) is 7.05. The van der Waals surface area contributed by atoms with Crippen LogP contribution in [0.3, 0.4) is 0 Å². The summed E-state index contributed by atoms with van der Waals surface area (Å²) in [5.41, 5.74) is 1.97. The normalized spacial score (nSPS) is 11.9. The number of rotatable bonds is 4. The number of carbonyl (C=O) groups excluding carboxylic acids is 1. The lowest BCUT2D eigenvalue weighted by molar-refractivity contribution is 0.0338. The van der Waals surface area contributed by atoms with Crippen LogP contribution in [0.1, 0.15) is 28.9 Å². The summed E-state index contributed by atoms with van der Waals surface area (Å²) in [5.74, 6) is -0.761. The Morgan fingerprint density at radius 3 is 2.43 bits per heavy atom. The van der Waals surface area contributed by atoms with Crippen molar-refractivity contribution in [3.05, 3.63) is 78.1 Å². The molecule has 0 amide bonds. The van der Waals surface area contributed by atoms with Crippen molar-refractivity contribution in [2.75, 3.05) is 0 Å². The van der Waals surface area contributed by atoms with E-state index in [-0.39, 0.29) is 5.82 Å². The monoisotopic (exact) mass is 311 g/mol. The third kappa shape index (κ3) is 3.42. The molecule has 0 aliphatic carbocycles. The maximum atomic E-state index is 12.9. The van der Waals surface area contributed by atoms with Gasteiger partial charge in [0.2, 0.25) is 0 Å². The Morgan fingerprint density at radius 1 is 1.13 bits per heavy atom. The van der Waals surface area contributed by atoms with Crippen LogP contribution in [0.15, 0.2) is 61.2 Å². The predicted octanol–water partition coefficient (Wildman–Crippen LogP) is 3.32. The number of esters is 1. The van der Waals surface area contributed by atoms with Crippen molar-refractivity contribution in [1.29, 1.82) is 0 Å². The average Bonchev–Trinajstić information content (AvgIpc) is 3.10. The van der Waals surface area contributed by atoms with E-state index in [2.05, 4.69) is 10.1 Å². The van der Waals surface area contributed by atoms with Crippen LogP contribution < -0.4 is 0 Å². The number of nitrogens with zero attached hydrogens (tertiary/aromatic N) is 3. The van der Waals surface area contributed by atoms with Crippen LogP contribution in [0.5, 0.6) is 0 Å². The molecular weight excluding hydrogens is 297 g/mol. The molecule has 0 N–H and O–H groups in total. The third-order valence-corrected chi connectivity index (χ3v) is 3.41. The molecule has 116 valence electrons. The second kappa shape index (κ2) is 6.39. The molecule has 0 saturated carbocycles. The zero-order valence-electron chi connectivity index (χ0n) is 12.4. The molecule has 1 atom stereocenters. The summed E-state index contributed by atoms with van der Waals surface area (Å²) >= 11 is 0. The molecule has 3 aromatic rings. The van der Waals surface area contributed by atoms with Gasteiger partial charge in [-0.15, -0.1) is 0 Å². The molecule has 6 heteroatoms. The summed E-state index contributed by atoms with van der Waals surface area (Å²) < 4.78 is 19.9. The Balaban J connectivity index is 1.69. The molecule has 0 unspecified atom stereocenters. The van der Waals surface area contributed by atoms with Crippen LogP contribution >= 0.6 is 0 Å². The van der Waals surface area contributed by atoms with Crippen molar-refractivity contribution >= 4 is 5.97 Å². The molecule has 0 fully saturated rings. The summed E-state index contributed by atoms with van der Waals surface area (Å²) in [6.07, 6.45) is 2.55. The van der Waals surface area contributed by atoms with Gasteiger partial charge < -0.3 is 4.74 Å². The number of aromatic nitrogens is 3. The molecule has 0 aliphatic heterocycles. The molecule has 2 aromatic carbocycles. The maximum absolute atomic E-state index is 12.9. The highest BCUT2D eigenvalue weighted by Gasteiger charge is 2.14. The standard InChI is InChI=1S/C17H14FN3O2/c1-12(13-2-6-15(18)7-3-13)23-17(22)14-4-8-16(9-5-14)21-11-19-10-20-21/h2-12H,1H3/t12-/m1/s1. The fourth-order valence-corrected chi connectivity index (χ4v) is 2.12. The summed E-state index contributed by atoms with van der Waals surface area (Å²) in [6, 6.07) is 12.7. The molecular formula is C17H14FN3O2. The second-order valence-corrected chi connectivity index (χ2v) is 4.99. The Morgan fingerprint density at radius 2 is 1.83 bits per heavy atom. The lowest BCUT2D eigenvalue weighted by Gasteiger charge is -2.13. The number of ether oxygens (including phenoxy) is 1. The number of halogens is 1. The van der Waals surface area contributed by atoms with Crippen LogP contribution in [-0.2, 0) is 4.74 Å². The van der Waals surface area contributed by atoms with E-state index in [0.29, 0.717) is 5.56 Å². The van der Waals surface area contributed by atoms with Gasteiger partial charge in [0.15, 0.2) is 0 Å². The molecule has 0 saturated heterocycles. The van der Waals surface area contributed by atoms with Gasteiger partial charge in [-0.2, -0.15) is 5.10 Å². The van der Waals surface area contributed by atoms with Gasteiger partial charge >= 0.3 is 5.97 Å². The van der Waals surface area contributed by atoms with Gasteiger partial charge in [-0.05, 0) is 48.9 Å². The van der Waals surface area contributed by atoms with Gasteiger partial charge in [0.1, 0.15) is 24.6 Å². The van der Waals surface area contributed by atoms with Gasteiger partial charge in [0, 0.05) is 0 Å². The summed E-state index contributed by atoms with van der Waals surface area (Å²) in [6.45, 7) is 1.74. The van der Waals surface area contributed by atoms with E-state index in [1.54, 1.807) is 54.3 Å². The topological polar surface area (TPSA) is 57.0 Å². The van der Waals surface area contributed by atoms with Crippen LogP contribution in [0.25, 0.3) is 5.69 Å². The van der Waals surface area contributed by atoms with Gasteiger partial charge in [0.05, 0.1) is 11.3 Å². The van der Waals surface area contributed by atoms with E-state index in [1.165, 1.54) is 18.5 Å². The van der Waals surface area contributed by atoms with E-state index in [4.69, 9.17) is 4.74 Å². The largest absolute Gasteiger partial charge is 0.454 e. The number of benzene rings is 2. The summed E-state index contributed by atoms with van der Waals surface area (Å²) in [7, 11) is 0. The number of hydrogen-bond donors (Lipinski definition) is 0. The third-order valence-electron chi connectivity index (χ3n) is 3.41. The lowest BCUT2D eigenvalue weighted by atomic mass is 10.1. The fraction of sp³-hybridized carbons (Fsp3) is 0.118. The zero-order chi connectivity index (χ0) is 16.2. The summed E-state index contributed by atoms with van der Waals surface area (Å²) in [5, 5.41) is 4.01. The van der Waals surface area contributed by atoms with Gasteiger partial charge in [-0.3, -0.25) is 0 Å². The molecule has 3 rings (SSSR count). The van der Waals surface area contributed by atoms with E-state index in [0.717, 1.165) is 11.3 Å². The molecule has 23 heavy (non-hydrogen) atoms. The quantitative estimate of drug-likeness (QED) is 0.694. The van der Waals surface area contributed by atoms with Gasteiger partial charge in [-0.1, -0.05) is 12.1 Å². The molecule has 5 nitrogen and oxygen atoms in total. The van der Waals surface area contributed by atoms with Crippen LogP contribution in [0.2, 0.25) is 0 Å². The van der Waals surface area contributed by atoms with Crippen molar-refractivity contribution < 1.29 is 13.9 Å². The maximum Gasteiger partial charge on any atom is 0.338 e. The first-order valence-electron chi connectivity index (χ1n) is 7.05. The molecule has 0 bridgehead atoms. The molecule has 0 radical (unpaired) electrons. The average molecular weight is 311 g/mol. The SMILES string of the molecule is C[C@@H](OC(=O)c1ccc(-n2cncn2)cc1)c1ccc(F)cc1. The Bertz CT molecular complexity index is 784. The van der Waals surface area contributed by atoms with E-state index < -0.39 is 12.1 Å². The number of hydrogen-bond acceptors (Lipinski definition) is 4. The lowest BCUT2D eigenvalue weighted by Crippen LogP contribution is -2.09. The highest BCUT2D eigenvalue weighted by Crippen LogP contribution is 2.19. The first-order chi connectivity index (χ1) is 11.1. The van der Waals surface area contributed by atoms with Crippen molar-refractivity contribution in [2.24, 2.45) is 0 Å². The highest BCUT2D eigenvalue weighted by atomic mass is 19.1. The number of carbonyl (C=O) groups is 1. The molecule has 1 aromatic heterocycles. The van der Waals surface area contributed by atoms with E-state index in [9.17, 15) is 9.18 Å². The van der Waals surface area contributed by atoms with E-state index in [1.807, 2.05) is 0 Å². The molecule has 1 heterocycles. The van der Waals surface area contributed by atoms with Crippen LogP contribution in [-0.4, -0.2) is 20.7 Å². The van der Waals surface area contributed by atoms with Crippen LogP contribution in [0, 0.1) is 5.82 Å².